The van der Waals surface area contributed by atoms with Crippen LogP contribution in [0.1, 0.15) is 5.56 Å². The summed E-state index contributed by atoms with van der Waals surface area (Å²) in [6.07, 6.45) is 0. The SMILES string of the molecule is Cc1ccc(Br)cc1NS(=O)(=O)CBr. The molecule has 0 aromatic heterocycles. The second-order valence-electron chi connectivity index (χ2n) is 2.79. The van der Waals surface area contributed by atoms with E-state index in [1.165, 1.54) is 0 Å². The van der Waals surface area contributed by atoms with Crippen molar-refractivity contribution in [1.82, 2.24) is 0 Å². The predicted octanol–water partition coefficient (Wildman–Crippen LogP) is 2.85. The van der Waals surface area contributed by atoms with Crippen molar-refractivity contribution in [2.24, 2.45) is 0 Å². The van der Waals surface area contributed by atoms with E-state index >= 15 is 0 Å². The van der Waals surface area contributed by atoms with Gasteiger partial charge in [-0.1, -0.05) is 37.9 Å². The molecular formula is C8H9Br2NO2S. The summed E-state index contributed by atoms with van der Waals surface area (Å²) in [7, 11) is -3.27. The van der Waals surface area contributed by atoms with Crippen molar-refractivity contribution in [2.45, 2.75) is 6.92 Å². The quantitative estimate of drug-likeness (QED) is 0.858. The Balaban J connectivity index is 3.03. The zero-order valence-corrected chi connectivity index (χ0v) is 11.4. The molecule has 0 amide bonds. The van der Waals surface area contributed by atoms with Crippen LogP contribution >= 0.6 is 31.9 Å². The van der Waals surface area contributed by atoms with Gasteiger partial charge >= 0.3 is 0 Å². The Kier molecular flexibility index (Phi) is 3.97. The van der Waals surface area contributed by atoms with E-state index in [0.29, 0.717) is 5.69 Å². The molecule has 0 atom stereocenters. The normalized spacial score (nSPS) is 11.4. The lowest BCUT2D eigenvalue weighted by molar-refractivity contribution is 0.606. The fourth-order valence-electron chi connectivity index (χ4n) is 0.899. The summed E-state index contributed by atoms with van der Waals surface area (Å²) in [5.41, 5.74) is 1.48. The van der Waals surface area contributed by atoms with Crippen LogP contribution in [0.15, 0.2) is 22.7 Å². The molecule has 3 nitrogen and oxygen atoms in total. The van der Waals surface area contributed by atoms with Crippen LogP contribution in [0.5, 0.6) is 0 Å². The first kappa shape index (κ1) is 12.0. The van der Waals surface area contributed by atoms with Crippen molar-refractivity contribution in [2.75, 3.05) is 9.38 Å². The van der Waals surface area contributed by atoms with Gasteiger partial charge in [0.15, 0.2) is 0 Å². The fourth-order valence-corrected chi connectivity index (χ4v) is 2.21. The molecule has 0 saturated heterocycles. The van der Waals surface area contributed by atoms with Crippen molar-refractivity contribution in [3.8, 4) is 0 Å². The van der Waals surface area contributed by atoms with Crippen LogP contribution in [-0.2, 0) is 10.0 Å². The molecule has 0 bridgehead atoms. The molecular weight excluding hydrogens is 334 g/mol. The van der Waals surface area contributed by atoms with Gasteiger partial charge in [-0.15, -0.1) is 0 Å². The summed E-state index contributed by atoms with van der Waals surface area (Å²) in [6, 6.07) is 5.44. The Bertz CT molecular complexity index is 431. The number of hydrogen-bond acceptors (Lipinski definition) is 2. The van der Waals surface area contributed by atoms with E-state index in [2.05, 4.69) is 36.6 Å². The van der Waals surface area contributed by atoms with E-state index < -0.39 is 10.0 Å². The molecule has 1 rings (SSSR count). The Morgan fingerprint density at radius 2 is 2.07 bits per heavy atom. The number of hydrogen-bond donors (Lipinski definition) is 1. The van der Waals surface area contributed by atoms with Crippen LogP contribution in [0.4, 0.5) is 5.69 Å². The molecule has 0 heterocycles. The van der Waals surface area contributed by atoms with Gasteiger partial charge in [0.1, 0.15) is 4.66 Å². The van der Waals surface area contributed by atoms with Gasteiger partial charge in [0.05, 0.1) is 5.69 Å². The van der Waals surface area contributed by atoms with E-state index in [4.69, 9.17) is 0 Å². The summed E-state index contributed by atoms with van der Waals surface area (Å²) in [6.45, 7) is 1.85. The summed E-state index contributed by atoms with van der Waals surface area (Å²) >= 11 is 6.19. The molecule has 0 aliphatic rings. The number of halogens is 2. The maximum Gasteiger partial charge on any atom is 0.242 e. The maximum absolute atomic E-state index is 11.3. The third-order valence-corrected chi connectivity index (χ3v) is 4.73. The third-order valence-electron chi connectivity index (χ3n) is 1.61. The smallest absolute Gasteiger partial charge is 0.242 e. The largest absolute Gasteiger partial charge is 0.283 e. The molecule has 0 aliphatic carbocycles. The molecule has 0 spiro atoms. The lowest BCUT2D eigenvalue weighted by Gasteiger charge is -2.08. The molecule has 1 aromatic rings. The molecule has 78 valence electrons. The number of aryl methyl sites for hydroxylation is 1. The van der Waals surface area contributed by atoms with Gasteiger partial charge in [0.2, 0.25) is 10.0 Å². The first-order chi connectivity index (χ1) is 6.44. The molecule has 0 unspecified atom stereocenters. The monoisotopic (exact) mass is 341 g/mol. The second-order valence-corrected chi connectivity index (χ2v) is 6.73. The summed E-state index contributed by atoms with van der Waals surface area (Å²) in [4.78, 5) is 0. The number of nitrogens with one attached hydrogen (secondary N) is 1. The molecule has 0 radical (unpaired) electrons. The Labute approximate surface area is 100 Å². The van der Waals surface area contributed by atoms with E-state index in [9.17, 15) is 8.42 Å². The highest BCUT2D eigenvalue weighted by Crippen LogP contribution is 2.21. The van der Waals surface area contributed by atoms with Crippen molar-refractivity contribution in [1.29, 1.82) is 0 Å². The Morgan fingerprint density at radius 3 is 2.64 bits per heavy atom. The van der Waals surface area contributed by atoms with Crippen LogP contribution in [0, 0.1) is 6.92 Å². The number of benzene rings is 1. The molecule has 1 N–H and O–H groups in total. The lowest BCUT2D eigenvalue weighted by Crippen LogP contribution is -2.13. The van der Waals surface area contributed by atoms with E-state index in [-0.39, 0.29) is 4.66 Å². The van der Waals surface area contributed by atoms with Gasteiger partial charge in [0, 0.05) is 4.47 Å². The minimum absolute atomic E-state index is 0.105. The van der Waals surface area contributed by atoms with Crippen molar-refractivity contribution >= 4 is 47.6 Å². The van der Waals surface area contributed by atoms with E-state index in [1.807, 2.05) is 19.1 Å². The van der Waals surface area contributed by atoms with Crippen molar-refractivity contribution in [3.05, 3.63) is 28.2 Å². The summed E-state index contributed by atoms with van der Waals surface area (Å²) in [5, 5.41) is 0. The molecule has 1 aromatic carbocycles. The van der Waals surface area contributed by atoms with Gasteiger partial charge in [-0.05, 0) is 24.6 Å². The Hall–Kier alpha value is -0.0700. The van der Waals surface area contributed by atoms with Crippen molar-refractivity contribution < 1.29 is 8.42 Å². The molecule has 0 fully saturated rings. The lowest BCUT2D eigenvalue weighted by atomic mass is 10.2. The van der Waals surface area contributed by atoms with Gasteiger partial charge in [-0.2, -0.15) is 0 Å². The van der Waals surface area contributed by atoms with E-state index in [1.54, 1.807) is 6.07 Å². The predicted molar refractivity (Wildman–Crippen MR) is 65.2 cm³/mol. The van der Waals surface area contributed by atoms with Crippen LogP contribution in [0.25, 0.3) is 0 Å². The average Bonchev–Trinajstić information content (AvgIpc) is 2.11. The highest BCUT2D eigenvalue weighted by atomic mass is 79.9. The standard InChI is InChI=1S/C8H9Br2NO2S/c1-6-2-3-7(10)4-8(6)11-14(12,13)5-9/h2-4,11H,5H2,1H3. The Morgan fingerprint density at radius 1 is 1.43 bits per heavy atom. The minimum atomic E-state index is -3.27. The molecule has 14 heavy (non-hydrogen) atoms. The van der Waals surface area contributed by atoms with Gasteiger partial charge < -0.3 is 0 Å². The number of alkyl halides is 1. The zero-order chi connectivity index (χ0) is 10.8. The van der Waals surface area contributed by atoms with E-state index in [0.717, 1.165) is 10.0 Å². The van der Waals surface area contributed by atoms with Crippen LogP contribution in [0.2, 0.25) is 0 Å². The first-order valence-corrected chi connectivity index (χ1v) is 7.34. The van der Waals surface area contributed by atoms with Crippen molar-refractivity contribution in [3.63, 3.8) is 0 Å². The molecule has 0 saturated carbocycles. The first-order valence-electron chi connectivity index (χ1n) is 3.77. The van der Waals surface area contributed by atoms with Gasteiger partial charge in [-0.3, -0.25) is 4.72 Å². The number of anilines is 1. The van der Waals surface area contributed by atoms with Crippen LogP contribution in [0.3, 0.4) is 0 Å². The minimum Gasteiger partial charge on any atom is -0.283 e. The third kappa shape index (κ3) is 3.25. The number of rotatable bonds is 3. The van der Waals surface area contributed by atoms with Crippen LogP contribution in [-0.4, -0.2) is 13.1 Å². The van der Waals surface area contributed by atoms with Crippen LogP contribution < -0.4 is 4.72 Å². The highest BCUT2D eigenvalue weighted by Gasteiger charge is 2.09. The van der Waals surface area contributed by atoms with Gasteiger partial charge in [-0.25, -0.2) is 8.42 Å². The second kappa shape index (κ2) is 4.63. The summed E-state index contributed by atoms with van der Waals surface area (Å²) in [5.74, 6) is 0. The molecule has 0 aliphatic heterocycles. The average molecular weight is 343 g/mol. The highest BCUT2D eigenvalue weighted by molar-refractivity contribution is 9.11. The summed E-state index contributed by atoms with van der Waals surface area (Å²) < 4.78 is 25.7. The zero-order valence-electron chi connectivity index (χ0n) is 7.42. The fraction of sp³-hybridized carbons (Fsp3) is 0.250. The number of sulfonamides is 1. The molecule has 6 heteroatoms. The maximum atomic E-state index is 11.3. The topological polar surface area (TPSA) is 46.2 Å². The van der Waals surface area contributed by atoms with Gasteiger partial charge in [0.25, 0.3) is 0 Å².